The highest BCUT2D eigenvalue weighted by atomic mass is 19.1. The molecular weight excluding hydrogens is 332 g/mol. The third kappa shape index (κ3) is 3.24. The van der Waals surface area contributed by atoms with E-state index in [4.69, 9.17) is 4.42 Å². The highest BCUT2D eigenvalue weighted by Crippen LogP contribution is 2.26. The molecule has 6 nitrogen and oxygen atoms in total. The summed E-state index contributed by atoms with van der Waals surface area (Å²) >= 11 is 0. The molecule has 0 unspecified atom stereocenters. The van der Waals surface area contributed by atoms with Gasteiger partial charge in [-0.25, -0.2) is 13.8 Å². The van der Waals surface area contributed by atoms with Gasteiger partial charge in [0.15, 0.2) is 5.69 Å². The van der Waals surface area contributed by atoms with Crippen molar-refractivity contribution in [3.05, 3.63) is 41.8 Å². The van der Waals surface area contributed by atoms with Gasteiger partial charge < -0.3 is 14.6 Å². The fraction of sp³-hybridized carbons (Fsp3) is 0.353. The number of benzene rings is 1. The third-order valence-electron chi connectivity index (χ3n) is 4.10. The van der Waals surface area contributed by atoms with E-state index in [1.807, 2.05) is 0 Å². The number of halogens is 2. The number of hydrogen-bond donors (Lipinski definition) is 1. The first-order valence-corrected chi connectivity index (χ1v) is 8.01. The molecule has 1 saturated heterocycles. The van der Waals surface area contributed by atoms with Crippen molar-refractivity contribution < 1.29 is 22.8 Å². The van der Waals surface area contributed by atoms with Crippen LogP contribution in [0.5, 0.6) is 0 Å². The van der Waals surface area contributed by atoms with Gasteiger partial charge in [0, 0.05) is 13.1 Å². The van der Waals surface area contributed by atoms with Crippen molar-refractivity contribution in [1.29, 1.82) is 0 Å². The molecule has 1 aromatic carbocycles. The molecule has 0 aliphatic carbocycles. The standard InChI is InChI=1S/C17H17F2N3O3/c1-2-13-15(23)20-7-4-8-22(13)17(24)12-9-25-16(21-12)14-10(18)5-3-6-11(14)19/h3,5-6,9,13H,2,4,7-8H2,1H3,(H,20,23)/t13-/m0/s1. The van der Waals surface area contributed by atoms with E-state index >= 15 is 0 Å². The first-order chi connectivity index (χ1) is 12.0. The molecule has 0 spiro atoms. The Labute approximate surface area is 142 Å². The lowest BCUT2D eigenvalue weighted by Gasteiger charge is -2.26. The van der Waals surface area contributed by atoms with Crippen LogP contribution in [0.4, 0.5) is 8.78 Å². The third-order valence-corrected chi connectivity index (χ3v) is 4.10. The number of oxazole rings is 1. The molecule has 8 heteroatoms. The molecule has 2 heterocycles. The molecule has 132 valence electrons. The maximum Gasteiger partial charge on any atom is 0.276 e. The van der Waals surface area contributed by atoms with Gasteiger partial charge in [-0.3, -0.25) is 9.59 Å². The SMILES string of the molecule is CC[C@H]1C(=O)NCCCN1C(=O)c1coc(-c2c(F)cccc2F)n1. The van der Waals surface area contributed by atoms with Crippen molar-refractivity contribution in [3.8, 4) is 11.5 Å². The lowest BCUT2D eigenvalue weighted by Crippen LogP contribution is -2.46. The summed E-state index contributed by atoms with van der Waals surface area (Å²) in [6.45, 7) is 2.68. The minimum atomic E-state index is -0.832. The molecule has 25 heavy (non-hydrogen) atoms. The molecule has 2 amide bonds. The summed E-state index contributed by atoms with van der Waals surface area (Å²) < 4.78 is 32.8. The minimum absolute atomic E-state index is 0.0918. The number of amides is 2. The Hall–Kier alpha value is -2.77. The van der Waals surface area contributed by atoms with Crippen molar-refractivity contribution in [2.75, 3.05) is 13.1 Å². The van der Waals surface area contributed by atoms with Gasteiger partial charge in [0.05, 0.1) is 0 Å². The highest BCUT2D eigenvalue weighted by Gasteiger charge is 2.32. The van der Waals surface area contributed by atoms with E-state index in [9.17, 15) is 18.4 Å². The fourth-order valence-corrected chi connectivity index (χ4v) is 2.86. The van der Waals surface area contributed by atoms with Crippen LogP contribution in [0.3, 0.4) is 0 Å². The molecule has 0 radical (unpaired) electrons. The van der Waals surface area contributed by atoms with Gasteiger partial charge in [-0.2, -0.15) is 0 Å². The van der Waals surface area contributed by atoms with Gasteiger partial charge in [-0.05, 0) is 25.0 Å². The van der Waals surface area contributed by atoms with Gasteiger partial charge in [-0.1, -0.05) is 13.0 Å². The molecule has 1 aliphatic heterocycles. The molecule has 0 saturated carbocycles. The van der Waals surface area contributed by atoms with Crippen LogP contribution in [0.1, 0.15) is 30.3 Å². The molecule has 1 aliphatic rings. The molecule has 1 atom stereocenters. The average molecular weight is 349 g/mol. The second kappa shape index (κ2) is 7.00. The number of aromatic nitrogens is 1. The van der Waals surface area contributed by atoms with Gasteiger partial charge in [-0.15, -0.1) is 0 Å². The first-order valence-electron chi connectivity index (χ1n) is 8.01. The average Bonchev–Trinajstić information content (AvgIpc) is 2.98. The number of carbonyl (C=O) groups is 2. The molecule has 0 bridgehead atoms. The predicted octanol–water partition coefficient (Wildman–Crippen LogP) is 2.36. The molecule has 1 aromatic heterocycles. The van der Waals surface area contributed by atoms with E-state index in [1.165, 1.54) is 11.0 Å². The summed E-state index contributed by atoms with van der Waals surface area (Å²) in [6, 6.07) is 2.78. The Kier molecular flexibility index (Phi) is 4.78. The largest absolute Gasteiger partial charge is 0.443 e. The molecule has 3 rings (SSSR count). The smallest absolute Gasteiger partial charge is 0.276 e. The zero-order valence-corrected chi connectivity index (χ0v) is 13.6. The van der Waals surface area contributed by atoms with Crippen LogP contribution in [0.15, 0.2) is 28.9 Å². The lowest BCUT2D eigenvalue weighted by molar-refractivity contribution is -0.124. The monoisotopic (exact) mass is 349 g/mol. The second-order valence-electron chi connectivity index (χ2n) is 5.70. The normalized spacial score (nSPS) is 18.0. The summed E-state index contributed by atoms with van der Waals surface area (Å²) in [5.41, 5.74) is -0.520. The maximum atomic E-state index is 13.8. The van der Waals surface area contributed by atoms with Crippen LogP contribution in [-0.4, -0.2) is 40.8 Å². The van der Waals surface area contributed by atoms with E-state index < -0.39 is 29.1 Å². The molecular formula is C17H17F2N3O3. The number of nitrogens with one attached hydrogen (secondary N) is 1. The summed E-state index contributed by atoms with van der Waals surface area (Å²) in [5, 5.41) is 2.75. The van der Waals surface area contributed by atoms with Crippen LogP contribution in [0.2, 0.25) is 0 Å². The fourth-order valence-electron chi connectivity index (χ4n) is 2.86. The summed E-state index contributed by atoms with van der Waals surface area (Å²) in [6.07, 6.45) is 2.11. The van der Waals surface area contributed by atoms with Crippen molar-refractivity contribution in [3.63, 3.8) is 0 Å². The van der Waals surface area contributed by atoms with Crippen molar-refractivity contribution in [1.82, 2.24) is 15.2 Å². The summed E-state index contributed by atoms with van der Waals surface area (Å²) in [7, 11) is 0. The Bertz CT molecular complexity index is 786. The Morgan fingerprint density at radius 3 is 2.80 bits per heavy atom. The molecule has 2 aromatic rings. The number of nitrogens with zero attached hydrogens (tertiary/aromatic N) is 2. The van der Waals surface area contributed by atoms with Crippen LogP contribution >= 0.6 is 0 Å². The van der Waals surface area contributed by atoms with E-state index in [2.05, 4.69) is 10.3 Å². The highest BCUT2D eigenvalue weighted by molar-refractivity contribution is 5.96. The van der Waals surface area contributed by atoms with E-state index in [-0.39, 0.29) is 17.5 Å². The van der Waals surface area contributed by atoms with E-state index in [0.717, 1.165) is 18.4 Å². The van der Waals surface area contributed by atoms with Crippen LogP contribution in [-0.2, 0) is 4.79 Å². The summed E-state index contributed by atoms with van der Waals surface area (Å²) in [5.74, 6) is -2.71. The minimum Gasteiger partial charge on any atom is -0.443 e. The zero-order chi connectivity index (χ0) is 18.0. The Balaban J connectivity index is 1.91. The second-order valence-corrected chi connectivity index (χ2v) is 5.70. The molecule has 1 N–H and O–H groups in total. The van der Waals surface area contributed by atoms with Crippen LogP contribution in [0, 0.1) is 11.6 Å². The quantitative estimate of drug-likeness (QED) is 0.923. The van der Waals surface area contributed by atoms with Gasteiger partial charge in [0.2, 0.25) is 11.8 Å². The predicted molar refractivity (Wildman–Crippen MR) is 84.6 cm³/mol. The van der Waals surface area contributed by atoms with Crippen molar-refractivity contribution in [2.24, 2.45) is 0 Å². The van der Waals surface area contributed by atoms with Crippen molar-refractivity contribution >= 4 is 11.8 Å². The lowest BCUT2D eigenvalue weighted by atomic mass is 10.1. The van der Waals surface area contributed by atoms with Crippen LogP contribution in [0.25, 0.3) is 11.5 Å². The van der Waals surface area contributed by atoms with E-state index in [1.54, 1.807) is 6.92 Å². The number of rotatable bonds is 3. The first kappa shape index (κ1) is 17.1. The van der Waals surface area contributed by atoms with Crippen LogP contribution < -0.4 is 5.32 Å². The van der Waals surface area contributed by atoms with Gasteiger partial charge in [0.1, 0.15) is 29.5 Å². The Morgan fingerprint density at radius 2 is 2.12 bits per heavy atom. The zero-order valence-electron chi connectivity index (χ0n) is 13.6. The summed E-state index contributed by atoms with van der Waals surface area (Å²) in [4.78, 5) is 30.1. The van der Waals surface area contributed by atoms with Crippen molar-refractivity contribution in [2.45, 2.75) is 25.8 Å². The topological polar surface area (TPSA) is 75.4 Å². The number of carbonyl (C=O) groups excluding carboxylic acids is 2. The Morgan fingerprint density at radius 1 is 1.40 bits per heavy atom. The van der Waals surface area contributed by atoms with Gasteiger partial charge in [0.25, 0.3) is 5.91 Å². The van der Waals surface area contributed by atoms with E-state index in [0.29, 0.717) is 25.9 Å². The number of hydrogen-bond acceptors (Lipinski definition) is 4. The maximum absolute atomic E-state index is 13.8. The molecule has 1 fully saturated rings. The van der Waals surface area contributed by atoms with Gasteiger partial charge >= 0.3 is 0 Å².